The van der Waals surface area contributed by atoms with Crippen molar-refractivity contribution in [3.8, 4) is 5.75 Å². The summed E-state index contributed by atoms with van der Waals surface area (Å²) in [6, 6.07) is 12.6. The molecule has 2 heterocycles. The Labute approximate surface area is 188 Å². The van der Waals surface area contributed by atoms with Gasteiger partial charge >= 0.3 is 0 Å². The first-order chi connectivity index (χ1) is 15.7. The van der Waals surface area contributed by atoms with Gasteiger partial charge in [0.2, 0.25) is 0 Å². The summed E-state index contributed by atoms with van der Waals surface area (Å²) in [4.78, 5) is 10.9. The number of oxime groups is 1. The second-order valence-electron chi connectivity index (χ2n) is 8.16. The Hall–Kier alpha value is -3.12. The average Bonchev–Trinajstić information content (AvgIpc) is 3.21. The number of halogens is 1. The van der Waals surface area contributed by atoms with E-state index in [0.717, 1.165) is 67.9 Å². The molecule has 0 fully saturated rings. The number of nitrogens with zero attached hydrogens (tertiary/aromatic N) is 2. The number of H-pyrrole nitrogens is 1. The summed E-state index contributed by atoms with van der Waals surface area (Å²) in [5.74, 6) is 0.638. The summed E-state index contributed by atoms with van der Waals surface area (Å²) in [6.07, 6.45) is 8.26. The maximum atomic E-state index is 13.2. The average molecular weight is 436 g/mol. The summed E-state index contributed by atoms with van der Waals surface area (Å²) in [5.41, 5.74) is 5.65. The van der Waals surface area contributed by atoms with Crippen LogP contribution in [0.2, 0.25) is 0 Å². The van der Waals surface area contributed by atoms with Crippen molar-refractivity contribution in [2.75, 3.05) is 33.9 Å². The zero-order valence-electron chi connectivity index (χ0n) is 18.7. The first kappa shape index (κ1) is 22.1. The molecule has 168 valence electrons. The number of ether oxygens (including phenoxy) is 1. The van der Waals surface area contributed by atoms with E-state index in [1.54, 1.807) is 26.4 Å². The van der Waals surface area contributed by atoms with Crippen LogP contribution in [0.5, 0.6) is 5.75 Å². The molecule has 0 bridgehead atoms. The fourth-order valence-electron chi connectivity index (χ4n) is 4.34. The maximum Gasteiger partial charge on any atom is 0.123 e. The van der Waals surface area contributed by atoms with Gasteiger partial charge in [-0.2, -0.15) is 0 Å². The van der Waals surface area contributed by atoms with E-state index >= 15 is 0 Å². The summed E-state index contributed by atoms with van der Waals surface area (Å²) >= 11 is 0. The Morgan fingerprint density at radius 3 is 2.78 bits per heavy atom. The molecule has 4 rings (SSSR count). The Morgan fingerprint density at radius 2 is 2.00 bits per heavy atom. The van der Waals surface area contributed by atoms with Crippen molar-refractivity contribution in [1.29, 1.82) is 0 Å². The molecule has 32 heavy (non-hydrogen) atoms. The molecule has 0 atom stereocenters. The third-order valence-corrected chi connectivity index (χ3v) is 5.96. The van der Waals surface area contributed by atoms with E-state index in [1.165, 1.54) is 28.7 Å². The first-order valence-corrected chi connectivity index (χ1v) is 11.1. The fourth-order valence-corrected chi connectivity index (χ4v) is 4.34. The Morgan fingerprint density at radius 1 is 1.16 bits per heavy atom. The van der Waals surface area contributed by atoms with Crippen LogP contribution >= 0.6 is 0 Å². The number of hydrogen-bond acceptors (Lipinski definition) is 4. The van der Waals surface area contributed by atoms with Crippen LogP contribution in [0.1, 0.15) is 30.4 Å². The number of aromatic nitrogens is 1. The molecule has 0 unspecified atom stereocenters. The lowest BCUT2D eigenvalue weighted by Gasteiger charge is -2.27. The number of aromatic amines is 1. The SMILES string of the molecule is CO/N=C(/CCCN1CCC=C(Cc2c[nH]c3ccc(OC)cc23)C1)c1ccc(F)cc1. The van der Waals surface area contributed by atoms with E-state index in [1.807, 2.05) is 6.07 Å². The fraction of sp³-hybridized carbons (Fsp3) is 0.346. The molecule has 6 heteroatoms. The van der Waals surface area contributed by atoms with E-state index < -0.39 is 0 Å². The van der Waals surface area contributed by atoms with Gasteiger partial charge in [-0.3, -0.25) is 4.90 Å². The molecule has 0 saturated heterocycles. The van der Waals surface area contributed by atoms with Gasteiger partial charge in [0.1, 0.15) is 18.7 Å². The highest BCUT2D eigenvalue weighted by atomic mass is 19.1. The van der Waals surface area contributed by atoms with Gasteiger partial charge in [-0.1, -0.05) is 28.9 Å². The van der Waals surface area contributed by atoms with Crippen molar-refractivity contribution in [2.45, 2.75) is 25.7 Å². The molecule has 1 aliphatic rings. The molecule has 5 nitrogen and oxygen atoms in total. The largest absolute Gasteiger partial charge is 0.497 e. The molecule has 0 amide bonds. The highest BCUT2D eigenvalue weighted by molar-refractivity contribution is 6.00. The number of hydrogen-bond donors (Lipinski definition) is 1. The topological polar surface area (TPSA) is 49.8 Å². The first-order valence-electron chi connectivity index (χ1n) is 11.1. The molecular formula is C26H30FN3O2. The van der Waals surface area contributed by atoms with Gasteiger partial charge in [0.05, 0.1) is 12.8 Å². The molecule has 0 saturated carbocycles. The predicted octanol–water partition coefficient (Wildman–Crippen LogP) is 5.32. The third kappa shape index (κ3) is 5.37. The van der Waals surface area contributed by atoms with Crippen LogP contribution < -0.4 is 4.74 Å². The summed E-state index contributed by atoms with van der Waals surface area (Å²) in [7, 11) is 3.25. The van der Waals surface area contributed by atoms with Crippen molar-refractivity contribution >= 4 is 16.6 Å². The van der Waals surface area contributed by atoms with Crippen LogP contribution in [-0.4, -0.2) is 49.4 Å². The molecule has 0 spiro atoms. The lowest BCUT2D eigenvalue weighted by atomic mass is 10.00. The Kier molecular flexibility index (Phi) is 7.22. The van der Waals surface area contributed by atoms with Crippen LogP contribution in [-0.2, 0) is 11.3 Å². The van der Waals surface area contributed by atoms with Crippen molar-refractivity contribution in [3.63, 3.8) is 0 Å². The zero-order valence-corrected chi connectivity index (χ0v) is 18.7. The van der Waals surface area contributed by atoms with Gasteiger partial charge in [0.15, 0.2) is 0 Å². The molecule has 2 aromatic carbocycles. The molecule has 1 N–H and O–H groups in total. The summed E-state index contributed by atoms with van der Waals surface area (Å²) in [5, 5.41) is 5.39. The lowest BCUT2D eigenvalue weighted by molar-refractivity contribution is 0.212. The van der Waals surface area contributed by atoms with Crippen molar-refractivity contribution in [1.82, 2.24) is 9.88 Å². The summed E-state index contributed by atoms with van der Waals surface area (Å²) < 4.78 is 18.6. The normalized spacial score (nSPS) is 15.1. The van der Waals surface area contributed by atoms with Crippen LogP contribution in [0.15, 0.2) is 65.5 Å². The van der Waals surface area contributed by atoms with Crippen LogP contribution in [0.4, 0.5) is 4.39 Å². The Bertz CT molecular complexity index is 1100. The molecular weight excluding hydrogens is 405 g/mol. The zero-order chi connectivity index (χ0) is 22.3. The second-order valence-corrected chi connectivity index (χ2v) is 8.16. The van der Waals surface area contributed by atoms with Crippen LogP contribution in [0.25, 0.3) is 10.9 Å². The number of benzene rings is 2. The lowest BCUT2D eigenvalue weighted by Crippen LogP contribution is -2.31. The van der Waals surface area contributed by atoms with Gasteiger partial charge in [-0.15, -0.1) is 0 Å². The van der Waals surface area contributed by atoms with E-state index in [9.17, 15) is 4.39 Å². The molecule has 0 aliphatic carbocycles. The molecule has 0 radical (unpaired) electrons. The molecule has 1 aromatic heterocycles. The third-order valence-electron chi connectivity index (χ3n) is 5.96. The van der Waals surface area contributed by atoms with Crippen LogP contribution in [0, 0.1) is 5.82 Å². The highest BCUT2D eigenvalue weighted by Crippen LogP contribution is 2.26. The minimum absolute atomic E-state index is 0.244. The molecule has 1 aliphatic heterocycles. The van der Waals surface area contributed by atoms with Gasteiger partial charge < -0.3 is 14.6 Å². The monoisotopic (exact) mass is 435 g/mol. The Balaban J connectivity index is 1.33. The number of nitrogens with one attached hydrogen (secondary N) is 1. The highest BCUT2D eigenvalue weighted by Gasteiger charge is 2.15. The van der Waals surface area contributed by atoms with Gasteiger partial charge in [0, 0.05) is 30.2 Å². The van der Waals surface area contributed by atoms with E-state index in [4.69, 9.17) is 9.57 Å². The molecule has 3 aromatic rings. The van der Waals surface area contributed by atoms with Gasteiger partial charge in [0.25, 0.3) is 0 Å². The smallest absolute Gasteiger partial charge is 0.123 e. The van der Waals surface area contributed by atoms with Crippen molar-refractivity contribution in [2.24, 2.45) is 5.16 Å². The van der Waals surface area contributed by atoms with Crippen LogP contribution in [0.3, 0.4) is 0 Å². The standard InChI is InChI=1S/C26H30FN3O2/c1-31-23-11-12-26-24(16-23)21(17-28-26)15-19-5-3-13-30(18-19)14-4-6-25(29-32-2)20-7-9-22(27)10-8-20/h5,7-12,16-17,28H,3-4,6,13-15,18H2,1-2H3/b29-25-. The quantitative estimate of drug-likeness (QED) is 0.281. The minimum atomic E-state index is -0.244. The number of fused-ring (bicyclic) bond motifs is 1. The second kappa shape index (κ2) is 10.5. The van der Waals surface area contributed by atoms with Crippen molar-refractivity contribution in [3.05, 3.63) is 77.3 Å². The maximum absolute atomic E-state index is 13.2. The number of rotatable bonds is 9. The van der Waals surface area contributed by atoms with Crippen molar-refractivity contribution < 1.29 is 14.0 Å². The minimum Gasteiger partial charge on any atom is -0.497 e. The predicted molar refractivity (Wildman–Crippen MR) is 127 cm³/mol. The number of methoxy groups -OCH3 is 1. The van der Waals surface area contributed by atoms with E-state index in [0.29, 0.717) is 0 Å². The van der Waals surface area contributed by atoms with E-state index in [2.05, 4.69) is 39.4 Å². The van der Waals surface area contributed by atoms with Gasteiger partial charge in [-0.25, -0.2) is 4.39 Å². The summed E-state index contributed by atoms with van der Waals surface area (Å²) in [6.45, 7) is 3.03. The van der Waals surface area contributed by atoms with E-state index in [-0.39, 0.29) is 5.82 Å². The van der Waals surface area contributed by atoms with Gasteiger partial charge in [-0.05, 0) is 73.7 Å².